The van der Waals surface area contributed by atoms with Gasteiger partial charge in [0, 0.05) is 26.5 Å². The molecule has 0 spiro atoms. The molecular formula is C13H15N4O6P. The Morgan fingerprint density at radius 2 is 1.96 bits per heavy atom. The highest BCUT2D eigenvalue weighted by atomic mass is 31.2. The lowest BCUT2D eigenvalue weighted by atomic mass is 10.2. The second-order valence-corrected chi connectivity index (χ2v) is 6.88. The lowest BCUT2D eigenvalue weighted by Crippen LogP contribution is -2.19. The number of nitro benzene ring substituents is 1. The van der Waals surface area contributed by atoms with Gasteiger partial charge < -0.3 is 14.4 Å². The van der Waals surface area contributed by atoms with Gasteiger partial charge in [-0.05, 0) is 12.1 Å². The maximum Gasteiger partial charge on any atom is 0.357 e. The van der Waals surface area contributed by atoms with E-state index in [1.807, 2.05) is 0 Å². The number of nitrogens with zero attached hydrogens (tertiary/aromatic N) is 2. The van der Waals surface area contributed by atoms with Crippen molar-refractivity contribution in [2.75, 3.05) is 19.5 Å². The number of aromatic nitrogens is 2. The standard InChI is InChI=1S/C13H15N4O6P/c1-22-24(21,23-2)12(15-11-7-8-14-13(18)16-11)9-5-3-4-6-10(9)17(19)20/h3-8,12H,1-2H3,(H2,14,15,16,18). The van der Waals surface area contributed by atoms with Crippen LogP contribution in [0.4, 0.5) is 11.5 Å². The van der Waals surface area contributed by atoms with Gasteiger partial charge in [-0.15, -0.1) is 0 Å². The second kappa shape index (κ2) is 7.35. The molecule has 11 heteroatoms. The minimum absolute atomic E-state index is 0.0900. The van der Waals surface area contributed by atoms with E-state index < -0.39 is 24.0 Å². The Labute approximate surface area is 136 Å². The van der Waals surface area contributed by atoms with E-state index in [1.165, 1.54) is 44.7 Å². The first kappa shape index (κ1) is 17.8. The van der Waals surface area contributed by atoms with Crippen LogP contribution in [0, 0.1) is 10.1 Å². The molecule has 0 saturated heterocycles. The molecule has 1 heterocycles. The average molecular weight is 354 g/mol. The Bertz CT molecular complexity index is 831. The lowest BCUT2D eigenvalue weighted by molar-refractivity contribution is -0.385. The van der Waals surface area contributed by atoms with Crippen LogP contribution in [0.3, 0.4) is 0 Å². The highest BCUT2D eigenvalue weighted by Gasteiger charge is 2.39. The first-order valence-corrected chi connectivity index (χ1v) is 8.29. The maximum atomic E-state index is 12.9. The summed E-state index contributed by atoms with van der Waals surface area (Å²) in [4.78, 5) is 27.9. The van der Waals surface area contributed by atoms with Crippen LogP contribution in [0.15, 0.2) is 41.3 Å². The molecule has 0 amide bonds. The van der Waals surface area contributed by atoms with E-state index in [0.717, 1.165) is 0 Å². The summed E-state index contributed by atoms with van der Waals surface area (Å²) in [6.07, 6.45) is 1.24. The lowest BCUT2D eigenvalue weighted by Gasteiger charge is -2.25. The number of nitro groups is 1. The molecule has 10 nitrogen and oxygen atoms in total. The fourth-order valence-corrected chi connectivity index (χ4v) is 3.52. The SMILES string of the molecule is COP(=O)(OC)C(Nc1ccnc(=O)[nH]1)c1ccccc1[N+](=O)[O-]. The number of H-pyrrole nitrogens is 1. The number of nitrogens with one attached hydrogen (secondary N) is 2. The van der Waals surface area contributed by atoms with Crippen LogP contribution in [0.1, 0.15) is 11.3 Å². The molecule has 2 rings (SSSR count). The van der Waals surface area contributed by atoms with E-state index in [-0.39, 0.29) is 17.1 Å². The average Bonchev–Trinajstić information content (AvgIpc) is 2.59. The van der Waals surface area contributed by atoms with Gasteiger partial charge in [-0.2, -0.15) is 0 Å². The van der Waals surface area contributed by atoms with Crippen LogP contribution in [-0.4, -0.2) is 29.1 Å². The van der Waals surface area contributed by atoms with Crippen LogP contribution >= 0.6 is 7.60 Å². The summed E-state index contributed by atoms with van der Waals surface area (Å²) in [6.45, 7) is 0. The number of aromatic amines is 1. The van der Waals surface area contributed by atoms with Crippen LogP contribution in [-0.2, 0) is 13.6 Å². The van der Waals surface area contributed by atoms with Crippen molar-refractivity contribution < 1.29 is 18.5 Å². The molecule has 128 valence electrons. The highest BCUT2D eigenvalue weighted by molar-refractivity contribution is 7.54. The van der Waals surface area contributed by atoms with E-state index >= 15 is 0 Å². The number of para-hydroxylation sites is 1. The smallest absolute Gasteiger partial charge is 0.354 e. The van der Waals surface area contributed by atoms with Gasteiger partial charge >= 0.3 is 13.3 Å². The van der Waals surface area contributed by atoms with E-state index in [9.17, 15) is 19.5 Å². The van der Waals surface area contributed by atoms with E-state index in [0.29, 0.717) is 0 Å². The van der Waals surface area contributed by atoms with Crippen LogP contribution in [0.2, 0.25) is 0 Å². The normalized spacial score (nSPS) is 12.6. The van der Waals surface area contributed by atoms with Crippen molar-refractivity contribution in [3.8, 4) is 0 Å². The van der Waals surface area contributed by atoms with Crippen molar-refractivity contribution in [1.82, 2.24) is 9.97 Å². The summed E-state index contributed by atoms with van der Waals surface area (Å²) in [5.41, 5.74) is -0.807. The van der Waals surface area contributed by atoms with Gasteiger partial charge in [0.05, 0.1) is 10.5 Å². The van der Waals surface area contributed by atoms with Gasteiger partial charge in [0.25, 0.3) is 5.69 Å². The molecule has 0 saturated carbocycles. The van der Waals surface area contributed by atoms with E-state index in [4.69, 9.17) is 9.05 Å². The quantitative estimate of drug-likeness (QED) is 0.439. The Hall–Kier alpha value is -2.55. The predicted molar refractivity (Wildman–Crippen MR) is 85.9 cm³/mol. The molecule has 2 N–H and O–H groups in total. The first-order chi connectivity index (χ1) is 11.4. The monoisotopic (exact) mass is 354 g/mol. The Balaban J connectivity index is 2.58. The summed E-state index contributed by atoms with van der Waals surface area (Å²) < 4.78 is 22.8. The van der Waals surface area contributed by atoms with Gasteiger partial charge in [0.2, 0.25) is 0 Å². The zero-order chi connectivity index (χ0) is 17.7. The summed E-state index contributed by atoms with van der Waals surface area (Å²) in [5.74, 6) is -1.06. The molecule has 1 aromatic heterocycles. The van der Waals surface area contributed by atoms with E-state index in [1.54, 1.807) is 6.07 Å². The summed E-state index contributed by atoms with van der Waals surface area (Å²) >= 11 is 0. The van der Waals surface area contributed by atoms with E-state index in [2.05, 4.69) is 15.3 Å². The van der Waals surface area contributed by atoms with Crippen LogP contribution in [0.25, 0.3) is 0 Å². The second-order valence-electron chi connectivity index (χ2n) is 4.56. The Morgan fingerprint density at radius 1 is 1.29 bits per heavy atom. The third-order valence-corrected chi connectivity index (χ3v) is 5.28. The molecule has 0 aliphatic heterocycles. The van der Waals surface area contributed by atoms with Crippen molar-refractivity contribution in [1.29, 1.82) is 0 Å². The van der Waals surface area contributed by atoms with Gasteiger partial charge in [-0.1, -0.05) is 12.1 Å². The summed E-state index contributed by atoms with van der Waals surface area (Å²) in [7, 11) is -1.48. The van der Waals surface area contributed by atoms with Crippen LogP contribution < -0.4 is 11.0 Å². The minimum atomic E-state index is -3.82. The van der Waals surface area contributed by atoms with Crippen molar-refractivity contribution in [3.63, 3.8) is 0 Å². The Kier molecular flexibility index (Phi) is 5.45. The highest BCUT2D eigenvalue weighted by Crippen LogP contribution is 2.60. The third kappa shape index (κ3) is 3.67. The molecule has 0 radical (unpaired) electrons. The molecule has 0 aliphatic rings. The number of hydrogen-bond acceptors (Lipinski definition) is 8. The molecule has 0 fully saturated rings. The molecule has 2 aromatic rings. The van der Waals surface area contributed by atoms with Crippen molar-refractivity contribution in [2.45, 2.75) is 5.78 Å². The number of benzene rings is 1. The molecular weight excluding hydrogens is 339 g/mol. The molecule has 0 bridgehead atoms. The molecule has 1 atom stereocenters. The van der Waals surface area contributed by atoms with Crippen molar-refractivity contribution in [3.05, 3.63) is 62.7 Å². The van der Waals surface area contributed by atoms with Gasteiger partial charge in [-0.25, -0.2) is 9.78 Å². The van der Waals surface area contributed by atoms with Gasteiger partial charge in [0.15, 0.2) is 5.78 Å². The Morgan fingerprint density at radius 3 is 2.54 bits per heavy atom. The first-order valence-electron chi connectivity index (χ1n) is 6.67. The summed E-state index contributed by atoms with van der Waals surface area (Å²) in [5, 5.41) is 14.0. The van der Waals surface area contributed by atoms with Gasteiger partial charge in [0.1, 0.15) is 5.82 Å². The number of hydrogen-bond donors (Lipinski definition) is 2. The predicted octanol–water partition coefficient (Wildman–Crippen LogP) is 2.27. The summed E-state index contributed by atoms with van der Waals surface area (Å²) in [6, 6.07) is 7.16. The molecule has 24 heavy (non-hydrogen) atoms. The fourth-order valence-electron chi connectivity index (χ4n) is 2.10. The minimum Gasteiger partial charge on any atom is -0.354 e. The third-order valence-electron chi connectivity index (χ3n) is 3.22. The molecule has 0 aliphatic carbocycles. The van der Waals surface area contributed by atoms with Crippen molar-refractivity contribution in [2.24, 2.45) is 0 Å². The zero-order valence-electron chi connectivity index (χ0n) is 12.8. The number of rotatable bonds is 7. The van der Waals surface area contributed by atoms with Crippen LogP contribution in [0.5, 0.6) is 0 Å². The largest absolute Gasteiger partial charge is 0.357 e. The van der Waals surface area contributed by atoms with Gasteiger partial charge in [-0.3, -0.25) is 19.7 Å². The number of anilines is 1. The topological polar surface area (TPSA) is 136 Å². The van der Waals surface area contributed by atoms with Crippen molar-refractivity contribution >= 4 is 19.1 Å². The molecule has 1 aromatic carbocycles. The zero-order valence-corrected chi connectivity index (χ0v) is 13.7. The molecule has 1 unspecified atom stereocenters. The maximum absolute atomic E-state index is 12.9. The fraction of sp³-hybridized carbons (Fsp3) is 0.231.